The molecule has 1 aliphatic heterocycles. The zero-order valence-electron chi connectivity index (χ0n) is 12.4. The molecule has 1 aliphatic rings. The van der Waals surface area contributed by atoms with Crippen LogP contribution < -0.4 is 14.8 Å². The Balaban J connectivity index is 1.61. The van der Waals surface area contributed by atoms with Gasteiger partial charge in [0.15, 0.2) is 11.5 Å². The standard InChI is InChI=1S/C16H21NO5/c18-15(19)9-3-1-2-6-10-17-16(20)14-11-21-12-7-4-5-8-13(12)22-14/h4-5,7-8,14H,1-3,6,9-11H2,(H,17,20)(H,18,19). The van der Waals surface area contributed by atoms with E-state index in [1.807, 2.05) is 12.1 Å². The van der Waals surface area contributed by atoms with Crippen LogP contribution in [0.2, 0.25) is 0 Å². The molecule has 22 heavy (non-hydrogen) atoms. The van der Waals surface area contributed by atoms with Crippen molar-refractivity contribution >= 4 is 11.9 Å². The fourth-order valence-electron chi connectivity index (χ4n) is 2.23. The summed E-state index contributed by atoms with van der Waals surface area (Å²) in [6.45, 7) is 0.773. The Hall–Kier alpha value is -2.24. The van der Waals surface area contributed by atoms with Crippen molar-refractivity contribution < 1.29 is 24.2 Å². The highest BCUT2D eigenvalue weighted by Gasteiger charge is 2.26. The highest BCUT2D eigenvalue weighted by atomic mass is 16.6. The second kappa shape index (κ2) is 8.26. The zero-order valence-corrected chi connectivity index (χ0v) is 12.4. The van der Waals surface area contributed by atoms with E-state index in [0.29, 0.717) is 24.5 Å². The van der Waals surface area contributed by atoms with Gasteiger partial charge in [0, 0.05) is 13.0 Å². The zero-order chi connectivity index (χ0) is 15.8. The molecule has 1 heterocycles. The number of carbonyl (C=O) groups is 2. The quantitative estimate of drug-likeness (QED) is 0.717. The molecule has 0 aliphatic carbocycles. The molecule has 6 heteroatoms. The molecule has 0 bridgehead atoms. The number of amides is 1. The van der Waals surface area contributed by atoms with Crippen molar-refractivity contribution in [1.29, 1.82) is 0 Å². The normalized spacial score (nSPS) is 16.1. The number of aliphatic carboxylic acids is 1. The van der Waals surface area contributed by atoms with Gasteiger partial charge in [-0.15, -0.1) is 0 Å². The monoisotopic (exact) mass is 307 g/mol. The van der Waals surface area contributed by atoms with E-state index in [-0.39, 0.29) is 18.9 Å². The average Bonchev–Trinajstić information content (AvgIpc) is 2.53. The minimum Gasteiger partial charge on any atom is -0.485 e. The molecule has 6 nitrogen and oxygen atoms in total. The summed E-state index contributed by atoms with van der Waals surface area (Å²) in [5.41, 5.74) is 0. The first-order chi connectivity index (χ1) is 10.7. The van der Waals surface area contributed by atoms with Gasteiger partial charge in [-0.05, 0) is 25.0 Å². The van der Waals surface area contributed by atoms with Crippen molar-refractivity contribution in [3.63, 3.8) is 0 Å². The van der Waals surface area contributed by atoms with Crippen molar-refractivity contribution in [2.75, 3.05) is 13.2 Å². The number of fused-ring (bicyclic) bond motifs is 1. The minimum absolute atomic E-state index is 0.181. The van der Waals surface area contributed by atoms with E-state index >= 15 is 0 Å². The Morgan fingerprint density at radius 2 is 1.86 bits per heavy atom. The number of carboxylic acid groups (broad SMARTS) is 1. The molecule has 1 aromatic rings. The van der Waals surface area contributed by atoms with Crippen LogP contribution in [0.3, 0.4) is 0 Å². The van der Waals surface area contributed by atoms with Crippen LogP contribution in [0.15, 0.2) is 24.3 Å². The number of carboxylic acids is 1. The van der Waals surface area contributed by atoms with Gasteiger partial charge in [0.25, 0.3) is 5.91 Å². The molecule has 1 unspecified atom stereocenters. The number of ether oxygens (including phenoxy) is 2. The fraction of sp³-hybridized carbons (Fsp3) is 0.500. The fourth-order valence-corrected chi connectivity index (χ4v) is 2.23. The van der Waals surface area contributed by atoms with Crippen molar-refractivity contribution in [3.05, 3.63) is 24.3 Å². The number of para-hydroxylation sites is 2. The largest absolute Gasteiger partial charge is 0.485 e. The highest BCUT2D eigenvalue weighted by Crippen LogP contribution is 2.30. The van der Waals surface area contributed by atoms with Crippen LogP contribution >= 0.6 is 0 Å². The lowest BCUT2D eigenvalue weighted by atomic mass is 10.1. The second-order valence-electron chi connectivity index (χ2n) is 5.21. The van der Waals surface area contributed by atoms with E-state index in [2.05, 4.69) is 5.32 Å². The lowest BCUT2D eigenvalue weighted by molar-refractivity contribution is -0.137. The van der Waals surface area contributed by atoms with Crippen LogP contribution in [0.25, 0.3) is 0 Å². The first-order valence-corrected chi connectivity index (χ1v) is 7.55. The Kier molecular flexibility index (Phi) is 6.06. The summed E-state index contributed by atoms with van der Waals surface area (Å²) in [6, 6.07) is 7.27. The Morgan fingerprint density at radius 1 is 1.14 bits per heavy atom. The topological polar surface area (TPSA) is 84.9 Å². The molecule has 0 saturated heterocycles. The molecule has 0 aromatic heterocycles. The maximum atomic E-state index is 12.0. The smallest absolute Gasteiger partial charge is 0.303 e. The minimum atomic E-state index is -0.761. The van der Waals surface area contributed by atoms with Crippen molar-refractivity contribution in [2.45, 2.75) is 38.2 Å². The molecule has 0 saturated carbocycles. The molecular weight excluding hydrogens is 286 g/mol. The molecule has 0 fully saturated rings. The average molecular weight is 307 g/mol. The predicted molar refractivity (Wildman–Crippen MR) is 80.1 cm³/mol. The van der Waals surface area contributed by atoms with Crippen molar-refractivity contribution in [3.8, 4) is 11.5 Å². The summed E-state index contributed by atoms with van der Waals surface area (Å²) in [5, 5.41) is 11.3. The van der Waals surface area contributed by atoms with Gasteiger partial charge in [0.2, 0.25) is 6.10 Å². The molecule has 0 spiro atoms. The van der Waals surface area contributed by atoms with Gasteiger partial charge in [-0.2, -0.15) is 0 Å². The lowest BCUT2D eigenvalue weighted by Crippen LogP contribution is -2.44. The van der Waals surface area contributed by atoms with E-state index in [9.17, 15) is 9.59 Å². The van der Waals surface area contributed by atoms with Crippen LogP contribution in [0, 0.1) is 0 Å². The number of nitrogens with one attached hydrogen (secondary N) is 1. The third-order valence-corrected chi connectivity index (χ3v) is 3.42. The number of carbonyl (C=O) groups excluding carboxylic acids is 1. The van der Waals surface area contributed by atoms with E-state index in [1.165, 1.54) is 0 Å². The molecule has 120 valence electrons. The van der Waals surface area contributed by atoms with Crippen LogP contribution in [0.5, 0.6) is 11.5 Å². The molecule has 2 rings (SSSR count). The number of rotatable bonds is 8. The number of unbranched alkanes of at least 4 members (excludes halogenated alkanes) is 3. The van der Waals surface area contributed by atoms with Gasteiger partial charge in [-0.1, -0.05) is 25.0 Å². The molecule has 2 N–H and O–H groups in total. The summed E-state index contributed by atoms with van der Waals surface area (Å²) < 4.78 is 11.1. The van der Waals surface area contributed by atoms with E-state index in [0.717, 1.165) is 19.3 Å². The summed E-state index contributed by atoms with van der Waals surface area (Å²) in [7, 11) is 0. The van der Waals surface area contributed by atoms with Crippen LogP contribution in [-0.4, -0.2) is 36.2 Å². The van der Waals surface area contributed by atoms with E-state index in [1.54, 1.807) is 12.1 Å². The SMILES string of the molecule is O=C(O)CCCCCCNC(=O)C1COc2ccccc2O1. The summed E-state index contributed by atoms with van der Waals surface area (Å²) >= 11 is 0. The predicted octanol–water partition coefficient (Wildman–Crippen LogP) is 1.98. The number of hydrogen-bond acceptors (Lipinski definition) is 4. The molecular formula is C16H21NO5. The Labute approximate surface area is 129 Å². The van der Waals surface area contributed by atoms with Gasteiger partial charge in [-0.3, -0.25) is 9.59 Å². The number of benzene rings is 1. The third kappa shape index (κ3) is 4.95. The van der Waals surface area contributed by atoms with Gasteiger partial charge in [0.1, 0.15) is 6.61 Å². The van der Waals surface area contributed by atoms with E-state index in [4.69, 9.17) is 14.6 Å². The maximum Gasteiger partial charge on any atom is 0.303 e. The Bertz CT molecular complexity index is 517. The second-order valence-corrected chi connectivity index (χ2v) is 5.21. The summed E-state index contributed by atoms with van der Waals surface area (Å²) in [6.07, 6.45) is 2.85. The molecule has 1 amide bonds. The molecule has 0 radical (unpaired) electrons. The Morgan fingerprint density at radius 3 is 2.64 bits per heavy atom. The summed E-state index contributed by atoms with van der Waals surface area (Å²) in [5.74, 6) is 0.302. The first kappa shape index (κ1) is 16.1. The maximum absolute atomic E-state index is 12.0. The third-order valence-electron chi connectivity index (χ3n) is 3.42. The van der Waals surface area contributed by atoms with E-state index < -0.39 is 12.1 Å². The van der Waals surface area contributed by atoms with Crippen LogP contribution in [-0.2, 0) is 9.59 Å². The van der Waals surface area contributed by atoms with Crippen molar-refractivity contribution in [2.24, 2.45) is 0 Å². The van der Waals surface area contributed by atoms with Gasteiger partial charge in [-0.25, -0.2) is 0 Å². The number of hydrogen-bond donors (Lipinski definition) is 2. The van der Waals surface area contributed by atoms with Crippen LogP contribution in [0.4, 0.5) is 0 Å². The van der Waals surface area contributed by atoms with Crippen molar-refractivity contribution in [1.82, 2.24) is 5.32 Å². The van der Waals surface area contributed by atoms with Gasteiger partial charge < -0.3 is 19.9 Å². The first-order valence-electron chi connectivity index (χ1n) is 7.55. The lowest BCUT2D eigenvalue weighted by Gasteiger charge is -2.25. The highest BCUT2D eigenvalue weighted by molar-refractivity contribution is 5.81. The van der Waals surface area contributed by atoms with Crippen LogP contribution in [0.1, 0.15) is 32.1 Å². The molecule has 1 aromatic carbocycles. The molecule has 1 atom stereocenters. The van der Waals surface area contributed by atoms with Gasteiger partial charge >= 0.3 is 5.97 Å². The van der Waals surface area contributed by atoms with Gasteiger partial charge in [0.05, 0.1) is 0 Å². The summed E-state index contributed by atoms with van der Waals surface area (Å²) in [4.78, 5) is 22.3.